The van der Waals surface area contributed by atoms with Crippen LogP contribution in [0.25, 0.3) is 0 Å². The summed E-state index contributed by atoms with van der Waals surface area (Å²) in [6.07, 6.45) is 3.33. The summed E-state index contributed by atoms with van der Waals surface area (Å²) in [5.41, 5.74) is 2.11. The average Bonchev–Trinajstić information content (AvgIpc) is 2.99. The van der Waals surface area contributed by atoms with Crippen LogP contribution in [0.4, 0.5) is 0 Å². The Bertz CT molecular complexity index is 934. The van der Waals surface area contributed by atoms with Crippen molar-refractivity contribution in [1.29, 1.82) is 0 Å². The van der Waals surface area contributed by atoms with E-state index in [1.807, 2.05) is 36.4 Å². The summed E-state index contributed by atoms with van der Waals surface area (Å²) in [4.78, 5) is 0. The van der Waals surface area contributed by atoms with Gasteiger partial charge >= 0.3 is 0 Å². The SMILES string of the molecule is COc1ccc(Br)cc1/C=N\n1c(CCc2ccccc2)n[nH]c1=S. The second-order valence-electron chi connectivity index (χ2n) is 5.37. The van der Waals surface area contributed by atoms with E-state index in [2.05, 4.69) is 43.4 Å². The highest BCUT2D eigenvalue weighted by molar-refractivity contribution is 9.10. The van der Waals surface area contributed by atoms with Crippen molar-refractivity contribution in [1.82, 2.24) is 14.9 Å². The van der Waals surface area contributed by atoms with Crippen LogP contribution in [-0.2, 0) is 12.8 Å². The van der Waals surface area contributed by atoms with E-state index >= 15 is 0 Å². The van der Waals surface area contributed by atoms with Crippen molar-refractivity contribution in [3.05, 3.63) is 74.7 Å². The van der Waals surface area contributed by atoms with Crippen molar-refractivity contribution in [3.8, 4) is 5.75 Å². The van der Waals surface area contributed by atoms with Gasteiger partial charge in [-0.1, -0.05) is 46.3 Å². The molecule has 0 unspecified atom stereocenters. The smallest absolute Gasteiger partial charge is 0.216 e. The average molecular weight is 417 g/mol. The predicted molar refractivity (Wildman–Crippen MR) is 105 cm³/mol. The molecule has 0 bridgehead atoms. The highest BCUT2D eigenvalue weighted by Crippen LogP contribution is 2.21. The number of hydrogen-bond acceptors (Lipinski definition) is 4. The molecule has 0 atom stereocenters. The van der Waals surface area contributed by atoms with Gasteiger partial charge in [0.05, 0.1) is 13.3 Å². The number of nitrogens with zero attached hydrogens (tertiary/aromatic N) is 3. The van der Waals surface area contributed by atoms with E-state index in [-0.39, 0.29) is 0 Å². The van der Waals surface area contributed by atoms with Crippen molar-refractivity contribution in [2.75, 3.05) is 7.11 Å². The molecule has 0 saturated carbocycles. The third-order valence-corrected chi connectivity index (χ3v) is 4.46. The number of hydrogen-bond donors (Lipinski definition) is 1. The molecular weight excluding hydrogens is 400 g/mol. The van der Waals surface area contributed by atoms with Gasteiger partial charge in [0.1, 0.15) is 5.75 Å². The summed E-state index contributed by atoms with van der Waals surface area (Å²) in [5.74, 6) is 1.53. The molecule has 1 aromatic heterocycles. The molecule has 0 aliphatic heterocycles. The van der Waals surface area contributed by atoms with Crippen LogP contribution in [-0.4, -0.2) is 28.2 Å². The molecule has 0 aliphatic rings. The minimum Gasteiger partial charge on any atom is -0.496 e. The number of nitrogens with one attached hydrogen (secondary N) is 1. The zero-order valence-electron chi connectivity index (χ0n) is 13.6. The maximum atomic E-state index is 5.37. The van der Waals surface area contributed by atoms with Crippen LogP contribution in [0.5, 0.6) is 5.75 Å². The quantitative estimate of drug-likeness (QED) is 0.479. The zero-order chi connectivity index (χ0) is 17.6. The minimum absolute atomic E-state index is 0.466. The van der Waals surface area contributed by atoms with Crippen LogP contribution < -0.4 is 4.74 Å². The molecule has 5 nitrogen and oxygen atoms in total. The molecule has 1 N–H and O–H groups in total. The molecule has 0 saturated heterocycles. The fourth-order valence-electron chi connectivity index (χ4n) is 2.43. The summed E-state index contributed by atoms with van der Waals surface area (Å²) in [6, 6.07) is 16.0. The number of aromatic nitrogens is 3. The molecule has 7 heteroatoms. The lowest BCUT2D eigenvalue weighted by Crippen LogP contribution is -2.02. The van der Waals surface area contributed by atoms with Gasteiger partial charge in [0, 0.05) is 16.5 Å². The van der Waals surface area contributed by atoms with E-state index in [9.17, 15) is 0 Å². The number of benzene rings is 2. The van der Waals surface area contributed by atoms with E-state index in [4.69, 9.17) is 17.0 Å². The van der Waals surface area contributed by atoms with Gasteiger partial charge in [0.2, 0.25) is 4.77 Å². The summed E-state index contributed by atoms with van der Waals surface area (Å²) >= 11 is 8.76. The van der Waals surface area contributed by atoms with Crippen LogP contribution in [0.1, 0.15) is 17.0 Å². The second kappa shape index (κ2) is 8.22. The van der Waals surface area contributed by atoms with Gasteiger partial charge in [-0.25, -0.2) is 0 Å². The summed E-state index contributed by atoms with van der Waals surface area (Å²) in [7, 11) is 1.63. The van der Waals surface area contributed by atoms with Crippen LogP contribution >= 0.6 is 28.1 Å². The van der Waals surface area contributed by atoms with Crippen LogP contribution in [0, 0.1) is 4.77 Å². The molecule has 3 rings (SSSR count). The first-order chi connectivity index (χ1) is 12.2. The first-order valence-corrected chi connectivity index (χ1v) is 8.95. The van der Waals surface area contributed by atoms with Crippen LogP contribution in [0.15, 0.2) is 58.1 Å². The molecule has 0 spiro atoms. The highest BCUT2D eigenvalue weighted by atomic mass is 79.9. The van der Waals surface area contributed by atoms with Crippen molar-refractivity contribution >= 4 is 34.4 Å². The van der Waals surface area contributed by atoms with Crippen molar-refractivity contribution in [3.63, 3.8) is 0 Å². The summed E-state index contributed by atoms with van der Waals surface area (Å²) in [5, 5.41) is 11.6. The van der Waals surface area contributed by atoms with E-state index in [0.717, 1.165) is 34.5 Å². The molecule has 1 heterocycles. The van der Waals surface area contributed by atoms with Gasteiger partial charge in [-0.15, -0.1) is 0 Å². The fourth-order valence-corrected chi connectivity index (χ4v) is 3.01. The summed E-state index contributed by atoms with van der Waals surface area (Å²) < 4.78 is 8.44. The monoisotopic (exact) mass is 416 g/mol. The summed E-state index contributed by atoms with van der Waals surface area (Å²) in [6.45, 7) is 0. The largest absolute Gasteiger partial charge is 0.496 e. The van der Waals surface area contributed by atoms with Gasteiger partial charge in [-0.3, -0.25) is 5.10 Å². The Morgan fingerprint density at radius 1 is 1.24 bits per heavy atom. The van der Waals surface area contributed by atoms with Gasteiger partial charge in [-0.2, -0.15) is 14.9 Å². The topological polar surface area (TPSA) is 55.2 Å². The minimum atomic E-state index is 0.466. The molecule has 128 valence electrons. The van der Waals surface area contributed by atoms with E-state index in [1.165, 1.54) is 5.56 Å². The molecule has 25 heavy (non-hydrogen) atoms. The van der Waals surface area contributed by atoms with Gasteiger partial charge in [0.15, 0.2) is 5.82 Å². The van der Waals surface area contributed by atoms with E-state index in [0.29, 0.717) is 4.77 Å². The number of aryl methyl sites for hydroxylation is 2. The van der Waals surface area contributed by atoms with E-state index in [1.54, 1.807) is 18.0 Å². The molecule has 0 amide bonds. The van der Waals surface area contributed by atoms with Crippen LogP contribution in [0.3, 0.4) is 0 Å². The van der Waals surface area contributed by atoms with Crippen molar-refractivity contribution in [2.24, 2.45) is 5.10 Å². The Balaban J connectivity index is 1.82. The molecule has 3 aromatic rings. The highest BCUT2D eigenvalue weighted by Gasteiger charge is 2.06. The van der Waals surface area contributed by atoms with E-state index < -0.39 is 0 Å². The lowest BCUT2D eigenvalue weighted by molar-refractivity contribution is 0.414. The zero-order valence-corrected chi connectivity index (χ0v) is 16.0. The molecule has 2 aromatic carbocycles. The number of rotatable bonds is 6. The Kier molecular flexibility index (Phi) is 5.78. The van der Waals surface area contributed by atoms with Gasteiger partial charge in [0.25, 0.3) is 0 Å². The third kappa shape index (κ3) is 4.43. The maximum absolute atomic E-state index is 5.37. The van der Waals surface area contributed by atoms with Crippen molar-refractivity contribution < 1.29 is 4.74 Å². The molecule has 0 radical (unpaired) electrons. The number of methoxy groups -OCH3 is 1. The Hall–Kier alpha value is -2.25. The Labute approximate surface area is 159 Å². The molecule has 0 aliphatic carbocycles. The number of ether oxygens (including phenoxy) is 1. The van der Waals surface area contributed by atoms with Gasteiger partial charge < -0.3 is 4.74 Å². The first-order valence-electron chi connectivity index (χ1n) is 7.75. The fraction of sp³-hybridized carbons (Fsp3) is 0.167. The van der Waals surface area contributed by atoms with Crippen LogP contribution in [0.2, 0.25) is 0 Å². The number of halogens is 1. The maximum Gasteiger partial charge on any atom is 0.216 e. The first kappa shape index (κ1) is 17.6. The van der Waals surface area contributed by atoms with Gasteiger partial charge in [-0.05, 0) is 42.4 Å². The predicted octanol–water partition coefficient (Wildman–Crippen LogP) is 4.38. The van der Waals surface area contributed by atoms with Crippen molar-refractivity contribution in [2.45, 2.75) is 12.8 Å². The Morgan fingerprint density at radius 3 is 2.80 bits per heavy atom. The number of aromatic amines is 1. The third-order valence-electron chi connectivity index (χ3n) is 3.70. The standard InChI is InChI=1S/C18H17BrN4OS/c1-24-16-9-8-15(19)11-14(16)12-20-23-17(21-22-18(23)25)10-7-13-5-3-2-4-6-13/h2-6,8-9,11-12H,7,10H2,1H3,(H,22,25)/b20-12-. The lowest BCUT2D eigenvalue weighted by Gasteiger charge is -2.05. The second-order valence-corrected chi connectivity index (χ2v) is 6.68. The molecule has 0 fully saturated rings. The Morgan fingerprint density at radius 2 is 2.04 bits per heavy atom. The lowest BCUT2D eigenvalue weighted by atomic mass is 10.1. The molecular formula is C18H17BrN4OS. The number of H-pyrrole nitrogens is 1. The normalized spacial score (nSPS) is 11.1.